The summed E-state index contributed by atoms with van der Waals surface area (Å²) in [5.74, 6) is 0. The summed E-state index contributed by atoms with van der Waals surface area (Å²) < 4.78 is 0. The molecule has 2 rings (SSSR count). The van der Waals surface area contributed by atoms with Gasteiger partial charge < -0.3 is 11.1 Å². The highest BCUT2D eigenvalue weighted by molar-refractivity contribution is 5.06. The number of nitrogens with one attached hydrogen (secondary N) is 1. The summed E-state index contributed by atoms with van der Waals surface area (Å²) in [6.07, 6.45) is 8.04. The quantitative estimate of drug-likeness (QED) is 0.725. The summed E-state index contributed by atoms with van der Waals surface area (Å²) in [6.45, 7) is 5.57. The van der Waals surface area contributed by atoms with Gasteiger partial charge in [-0.3, -0.25) is 0 Å². The van der Waals surface area contributed by atoms with Gasteiger partial charge in [0.05, 0.1) is 0 Å². The van der Waals surface area contributed by atoms with Gasteiger partial charge in [0, 0.05) is 18.1 Å². The third-order valence-electron chi connectivity index (χ3n) is 4.36. The molecule has 2 heteroatoms. The first-order valence-corrected chi connectivity index (χ1v) is 6.07. The molecule has 0 heterocycles. The molecule has 0 aromatic rings. The number of hydrogen-bond donors (Lipinski definition) is 2. The van der Waals surface area contributed by atoms with Crippen molar-refractivity contribution < 1.29 is 0 Å². The Balaban J connectivity index is 2.12. The van der Waals surface area contributed by atoms with Crippen molar-refractivity contribution in [3.63, 3.8) is 0 Å². The SMILES string of the molecule is CC1(C)CCCCC1(CN)NC1CC1. The van der Waals surface area contributed by atoms with E-state index in [1.54, 1.807) is 0 Å². The number of hydrogen-bond acceptors (Lipinski definition) is 2. The molecule has 0 aliphatic heterocycles. The lowest BCUT2D eigenvalue weighted by Gasteiger charge is -2.50. The van der Waals surface area contributed by atoms with Crippen molar-refractivity contribution in [2.24, 2.45) is 11.1 Å². The molecule has 2 saturated carbocycles. The molecular weight excluding hydrogens is 172 g/mol. The van der Waals surface area contributed by atoms with Gasteiger partial charge in [0.25, 0.3) is 0 Å². The van der Waals surface area contributed by atoms with Gasteiger partial charge in [0.15, 0.2) is 0 Å². The summed E-state index contributed by atoms with van der Waals surface area (Å²) in [6, 6.07) is 0.774. The molecule has 0 bridgehead atoms. The van der Waals surface area contributed by atoms with E-state index in [1.165, 1.54) is 38.5 Å². The normalized spacial score (nSPS) is 37.1. The molecule has 0 saturated heterocycles. The molecule has 2 nitrogen and oxygen atoms in total. The summed E-state index contributed by atoms with van der Waals surface area (Å²) >= 11 is 0. The van der Waals surface area contributed by atoms with Crippen LogP contribution in [-0.4, -0.2) is 18.1 Å². The van der Waals surface area contributed by atoms with Gasteiger partial charge in [-0.1, -0.05) is 26.7 Å². The van der Waals surface area contributed by atoms with Crippen LogP contribution in [0.1, 0.15) is 52.4 Å². The van der Waals surface area contributed by atoms with Gasteiger partial charge in [-0.2, -0.15) is 0 Å². The van der Waals surface area contributed by atoms with Crippen LogP contribution in [-0.2, 0) is 0 Å². The van der Waals surface area contributed by atoms with Crippen LogP contribution in [0, 0.1) is 5.41 Å². The highest BCUT2D eigenvalue weighted by Crippen LogP contribution is 2.44. The summed E-state index contributed by atoms with van der Waals surface area (Å²) in [5, 5.41) is 3.82. The monoisotopic (exact) mass is 196 g/mol. The minimum atomic E-state index is 0.229. The Morgan fingerprint density at radius 1 is 1.21 bits per heavy atom. The van der Waals surface area contributed by atoms with Crippen molar-refractivity contribution in [3.8, 4) is 0 Å². The van der Waals surface area contributed by atoms with Crippen molar-refractivity contribution in [2.45, 2.75) is 64.0 Å². The Morgan fingerprint density at radius 2 is 1.86 bits per heavy atom. The van der Waals surface area contributed by atoms with Crippen molar-refractivity contribution in [1.29, 1.82) is 0 Å². The molecule has 1 unspecified atom stereocenters. The van der Waals surface area contributed by atoms with Crippen LogP contribution in [0.4, 0.5) is 0 Å². The van der Waals surface area contributed by atoms with Gasteiger partial charge in [-0.15, -0.1) is 0 Å². The second-order valence-corrected chi connectivity index (χ2v) is 5.80. The smallest absolute Gasteiger partial charge is 0.0357 e. The van der Waals surface area contributed by atoms with Gasteiger partial charge in [-0.05, 0) is 31.1 Å². The zero-order valence-corrected chi connectivity index (χ0v) is 9.60. The predicted molar refractivity (Wildman–Crippen MR) is 60.2 cm³/mol. The van der Waals surface area contributed by atoms with Gasteiger partial charge in [0.2, 0.25) is 0 Å². The molecule has 1 atom stereocenters. The predicted octanol–water partition coefficient (Wildman–Crippen LogP) is 2.04. The van der Waals surface area contributed by atoms with Crippen molar-refractivity contribution in [1.82, 2.24) is 5.32 Å². The Kier molecular flexibility index (Phi) is 2.61. The molecule has 2 fully saturated rings. The van der Waals surface area contributed by atoms with Crippen molar-refractivity contribution in [2.75, 3.05) is 6.54 Å². The Hall–Kier alpha value is -0.0800. The molecule has 0 aromatic carbocycles. The van der Waals surface area contributed by atoms with Crippen LogP contribution in [0.25, 0.3) is 0 Å². The number of nitrogens with two attached hydrogens (primary N) is 1. The maximum absolute atomic E-state index is 6.03. The highest BCUT2D eigenvalue weighted by atomic mass is 15.1. The molecule has 0 spiro atoms. The molecule has 14 heavy (non-hydrogen) atoms. The minimum absolute atomic E-state index is 0.229. The highest BCUT2D eigenvalue weighted by Gasteiger charge is 2.47. The molecule has 2 aliphatic rings. The minimum Gasteiger partial charge on any atom is -0.329 e. The van der Waals surface area contributed by atoms with E-state index in [2.05, 4.69) is 19.2 Å². The second-order valence-electron chi connectivity index (χ2n) is 5.80. The lowest BCUT2D eigenvalue weighted by Crippen LogP contribution is -2.62. The maximum atomic E-state index is 6.03. The van der Waals surface area contributed by atoms with Crippen LogP contribution in [0.15, 0.2) is 0 Å². The first-order valence-electron chi connectivity index (χ1n) is 6.07. The fourth-order valence-corrected chi connectivity index (χ4v) is 2.89. The van der Waals surface area contributed by atoms with E-state index in [-0.39, 0.29) is 5.54 Å². The third-order valence-corrected chi connectivity index (χ3v) is 4.36. The maximum Gasteiger partial charge on any atom is 0.0357 e. The van der Waals surface area contributed by atoms with E-state index in [1.807, 2.05) is 0 Å². The fourth-order valence-electron chi connectivity index (χ4n) is 2.89. The number of rotatable bonds is 3. The van der Waals surface area contributed by atoms with E-state index in [4.69, 9.17) is 5.73 Å². The zero-order valence-electron chi connectivity index (χ0n) is 9.60. The summed E-state index contributed by atoms with van der Waals surface area (Å²) in [7, 11) is 0. The van der Waals surface area contributed by atoms with Crippen LogP contribution in [0.2, 0.25) is 0 Å². The molecule has 2 aliphatic carbocycles. The third kappa shape index (κ3) is 1.70. The average molecular weight is 196 g/mol. The van der Waals surface area contributed by atoms with Crippen LogP contribution in [0.5, 0.6) is 0 Å². The first kappa shape index (κ1) is 10.4. The zero-order chi connectivity index (χ0) is 10.2. The van der Waals surface area contributed by atoms with Crippen LogP contribution in [0.3, 0.4) is 0 Å². The van der Waals surface area contributed by atoms with E-state index in [9.17, 15) is 0 Å². The van der Waals surface area contributed by atoms with Gasteiger partial charge in [0.1, 0.15) is 0 Å². The lowest BCUT2D eigenvalue weighted by molar-refractivity contribution is 0.0672. The summed E-state index contributed by atoms with van der Waals surface area (Å²) in [5.41, 5.74) is 6.63. The van der Waals surface area contributed by atoms with Crippen molar-refractivity contribution in [3.05, 3.63) is 0 Å². The average Bonchev–Trinajstić information content (AvgIpc) is 2.92. The molecule has 0 aromatic heterocycles. The van der Waals surface area contributed by atoms with E-state index in [0.717, 1.165) is 12.6 Å². The van der Waals surface area contributed by atoms with Gasteiger partial charge >= 0.3 is 0 Å². The van der Waals surface area contributed by atoms with Crippen LogP contribution >= 0.6 is 0 Å². The van der Waals surface area contributed by atoms with E-state index < -0.39 is 0 Å². The first-order chi connectivity index (χ1) is 6.60. The molecule has 82 valence electrons. The lowest BCUT2D eigenvalue weighted by atomic mass is 9.63. The van der Waals surface area contributed by atoms with Crippen LogP contribution < -0.4 is 11.1 Å². The molecule has 3 N–H and O–H groups in total. The topological polar surface area (TPSA) is 38.0 Å². The summed E-state index contributed by atoms with van der Waals surface area (Å²) in [4.78, 5) is 0. The largest absolute Gasteiger partial charge is 0.329 e. The standard InChI is InChI=1S/C12H24N2/c1-11(2)7-3-4-8-12(11,9-13)14-10-5-6-10/h10,14H,3-9,13H2,1-2H3. The second kappa shape index (κ2) is 3.49. The Morgan fingerprint density at radius 3 is 2.36 bits per heavy atom. The molecular formula is C12H24N2. The molecule has 0 radical (unpaired) electrons. The van der Waals surface area contributed by atoms with Crippen molar-refractivity contribution >= 4 is 0 Å². The van der Waals surface area contributed by atoms with E-state index >= 15 is 0 Å². The van der Waals surface area contributed by atoms with E-state index in [0.29, 0.717) is 5.41 Å². The molecule has 0 amide bonds. The van der Waals surface area contributed by atoms with Gasteiger partial charge in [-0.25, -0.2) is 0 Å². The Labute approximate surface area is 87.6 Å². The fraction of sp³-hybridized carbons (Fsp3) is 1.00. The Bertz CT molecular complexity index is 208.